The normalized spacial score (nSPS) is 15.6. The molecule has 1 aliphatic rings. The summed E-state index contributed by atoms with van der Waals surface area (Å²) in [5.41, 5.74) is 0.310. The van der Waals surface area contributed by atoms with Gasteiger partial charge in [0.15, 0.2) is 27.1 Å². The van der Waals surface area contributed by atoms with Crippen molar-refractivity contribution in [3.05, 3.63) is 23.8 Å². The number of hydrogen-bond donors (Lipinski definition) is 0. The Hall–Kier alpha value is -1.56. The Kier molecular flexibility index (Phi) is 3.77. The SMILES string of the molecule is CC(C)(C(=O)c1ccc2c(c1)OCCCO2)S(C)(=O)=O. The van der Waals surface area contributed by atoms with Crippen LogP contribution in [0.5, 0.6) is 11.5 Å². The van der Waals surface area contributed by atoms with Crippen LogP contribution in [0.4, 0.5) is 0 Å². The number of hydrogen-bond acceptors (Lipinski definition) is 5. The number of Topliss-reactive ketones (excluding diaryl/α,β-unsaturated/α-hetero) is 1. The van der Waals surface area contributed by atoms with Crippen molar-refractivity contribution in [3.63, 3.8) is 0 Å². The summed E-state index contributed by atoms with van der Waals surface area (Å²) in [5.74, 6) is 0.615. The van der Waals surface area contributed by atoms with E-state index < -0.39 is 20.4 Å². The molecule has 0 aliphatic carbocycles. The summed E-state index contributed by atoms with van der Waals surface area (Å²) >= 11 is 0. The second-order valence-electron chi connectivity index (χ2n) is 5.32. The van der Waals surface area contributed by atoms with Gasteiger partial charge in [-0.15, -0.1) is 0 Å². The molecule has 1 aliphatic heterocycles. The van der Waals surface area contributed by atoms with Crippen LogP contribution in [0.3, 0.4) is 0 Å². The van der Waals surface area contributed by atoms with E-state index in [9.17, 15) is 13.2 Å². The topological polar surface area (TPSA) is 69.7 Å². The molecule has 0 aromatic heterocycles. The zero-order chi connectivity index (χ0) is 15.0. The van der Waals surface area contributed by atoms with Gasteiger partial charge in [0.1, 0.15) is 4.75 Å². The van der Waals surface area contributed by atoms with Crippen LogP contribution < -0.4 is 9.47 Å². The van der Waals surface area contributed by atoms with E-state index in [0.29, 0.717) is 30.3 Å². The number of carbonyl (C=O) groups is 1. The molecule has 2 rings (SSSR count). The fraction of sp³-hybridized carbons (Fsp3) is 0.500. The van der Waals surface area contributed by atoms with Crippen molar-refractivity contribution in [1.82, 2.24) is 0 Å². The van der Waals surface area contributed by atoms with Crippen LogP contribution >= 0.6 is 0 Å². The van der Waals surface area contributed by atoms with Crippen molar-refractivity contribution >= 4 is 15.6 Å². The molecule has 0 atom stereocenters. The van der Waals surface area contributed by atoms with E-state index in [1.54, 1.807) is 18.2 Å². The molecule has 1 aromatic rings. The summed E-state index contributed by atoms with van der Waals surface area (Å²) < 4.78 is 33.0. The molecule has 20 heavy (non-hydrogen) atoms. The van der Waals surface area contributed by atoms with Gasteiger partial charge in [-0.3, -0.25) is 4.79 Å². The molecule has 0 saturated carbocycles. The van der Waals surface area contributed by atoms with E-state index in [1.165, 1.54) is 13.8 Å². The molecule has 1 heterocycles. The Morgan fingerprint density at radius 2 is 1.75 bits per heavy atom. The minimum absolute atomic E-state index is 0.310. The molecule has 0 saturated heterocycles. The van der Waals surface area contributed by atoms with Gasteiger partial charge >= 0.3 is 0 Å². The van der Waals surface area contributed by atoms with Crippen molar-refractivity contribution in [1.29, 1.82) is 0 Å². The highest BCUT2D eigenvalue weighted by Crippen LogP contribution is 2.32. The first-order valence-corrected chi connectivity index (χ1v) is 8.26. The molecule has 1 aromatic carbocycles. The highest BCUT2D eigenvalue weighted by Gasteiger charge is 2.39. The van der Waals surface area contributed by atoms with Gasteiger partial charge in [0.2, 0.25) is 0 Å². The van der Waals surface area contributed by atoms with Gasteiger partial charge in [0.05, 0.1) is 13.2 Å². The van der Waals surface area contributed by atoms with Gasteiger partial charge in [-0.2, -0.15) is 0 Å². The highest BCUT2D eigenvalue weighted by atomic mass is 32.2. The number of ketones is 1. The lowest BCUT2D eigenvalue weighted by molar-refractivity contribution is 0.0953. The first-order valence-electron chi connectivity index (χ1n) is 6.37. The van der Waals surface area contributed by atoms with E-state index in [0.717, 1.165) is 12.7 Å². The van der Waals surface area contributed by atoms with Crippen LogP contribution in [-0.2, 0) is 9.84 Å². The molecule has 0 unspecified atom stereocenters. The fourth-order valence-corrected chi connectivity index (χ4v) is 2.28. The third-order valence-electron chi connectivity index (χ3n) is 3.48. The van der Waals surface area contributed by atoms with E-state index in [2.05, 4.69) is 0 Å². The Morgan fingerprint density at radius 1 is 1.15 bits per heavy atom. The van der Waals surface area contributed by atoms with Gasteiger partial charge in [0, 0.05) is 18.2 Å². The lowest BCUT2D eigenvalue weighted by Gasteiger charge is -2.21. The summed E-state index contributed by atoms with van der Waals surface area (Å²) in [5, 5.41) is 0. The molecule has 5 nitrogen and oxygen atoms in total. The molecule has 6 heteroatoms. The first-order chi connectivity index (χ1) is 9.23. The average Bonchev–Trinajstić information content (AvgIpc) is 2.60. The Labute approximate surface area is 118 Å². The Balaban J connectivity index is 2.39. The summed E-state index contributed by atoms with van der Waals surface area (Å²) in [6.07, 6.45) is 1.83. The third-order valence-corrected chi connectivity index (χ3v) is 5.52. The lowest BCUT2D eigenvalue weighted by Crippen LogP contribution is -2.39. The second-order valence-corrected chi connectivity index (χ2v) is 7.89. The summed E-state index contributed by atoms with van der Waals surface area (Å²) in [6.45, 7) is 3.90. The molecule has 0 N–H and O–H groups in total. The summed E-state index contributed by atoms with van der Waals surface area (Å²) in [7, 11) is -3.50. The lowest BCUT2D eigenvalue weighted by atomic mass is 10.00. The summed E-state index contributed by atoms with van der Waals surface area (Å²) in [4.78, 5) is 12.4. The van der Waals surface area contributed by atoms with Gasteiger partial charge in [0.25, 0.3) is 0 Å². The van der Waals surface area contributed by atoms with Crippen LogP contribution in [0.1, 0.15) is 30.6 Å². The Morgan fingerprint density at radius 3 is 2.35 bits per heavy atom. The van der Waals surface area contributed by atoms with E-state index in [-0.39, 0.29) is 0 Å². The standard InChI is InChI=1S/C14H18O5S/c1-14(2,20(3,16)17)13(15)10-5-6-11-12(9-10)19-8-4-7-18-11/h5-6,9H,4,7-8H2,1-3H3. The maximum Gasteiger partial charge on any atom is 0.183 e. The molecule has 0 radical (unpaired) electrons. The maximum absolute atomic E-state index is 12.4. The average molecular weight is 298 g/mol. The van der Waals surface area contributed by atoms with Gasteiger partial charge in [-0.1, -0.05) is 0 Å². The second kappa shape index (κ2) is 5.09. The van der Waals surface area contributed by atoms with Crippen molar-refractivity contribution < 1.29 is 22.7 Å². The number of carbonyl (C=O) groups excluding carboxylic acids is 1. The number of sulfone groups is 1. The van der Waals surface area contributed by atoms with Crippen LogP contribution in [0, 0.1) is 0 Å². The summed E-state index contributed by atoms with van der Waals surface area (Å²) in [6, 6.07) is 4.77. The van der Waals surface area contributed by atoms with Crippen molar-refractivity contribution in [3.8, 4) is 11.5 Å². The zero-order valence-electron chi connectivity index (χ0n) is 11.8. The predicted molar refractivity (Wildman–Crippen MR) is 75.3 cm³/mol. The molecule has 0 amide bonds. The van der Waals surface area contributed by atoms with E-state index in [1.807, 2.05) is 0 Å². The smallest absolute Gasteiger partial charge is 0.183 e. The van der Waals surface area contributed by atoms with Crippen LogP contribution in [0.2, 0.25) is 0 Å². The van der Waals surface area contributed by atoms with Crippen LogP contribution in [-0.4, -0.2) is 38.4 Å². The fourth-order valence-electron chi connectivity index (χ4n) is 1.82. The minimum atomic E-state index is -3.50. The first kappa shape index (κ1) is 14.8. The van der Waals surface area contributed by atoms with Crippen molar-refractivity contribution in [2.45, 2.75) is 25.0 Å². The molecular weight excluding hydrogens is 280 g/mol. The maximum atomic E-state index is 12.4. The predicted octanol–water partition coefficient (Wildman–Crippen LogP) is 1.85. The van der Waals surface area contributed by atoms with Crippen molar-refractivity contribution in [2.24, 2.45) is 0 Å². The quantitative estimate of drug-likeness (QED) is 0.797. The largest absolute Gasteiger partial charge is 0.490 e. The molecule has 0 fully saturated rings. The monoisotopic (exact) mass is 298 g/mol. The highest BCUT2D eigenvalue weighted by molar-refractivity contribution is 7.92. The number of fused-ring (bicyclic) bond motifs is 1. The molecule has 110 valence electrons. The zero-order valence-corrected chi connectivity index (χ0v) is 12.6. The molecule has 0 spiro atoms. The Bertz CT molecular complexity index is 631. The van der Waals surface area contributed by atoms with Crippen LogP contribution in [0.15, 0.2) is 18.2 Å². The van der Waals surface area contributed by atoms with Crippen molar-refractivity contribution in [2.75, 3.05) is 19.5 Å². The van der Waals surface area contributed by atoms with Gasteiger partial charge < -0.3 is 9.47 Å². The van der Waals surface area contributed by atoms with Crippen LogP contribution in [0.25, 0.3) is 0 Å². The number of ether oxygens (including phenoxy) is 2. The number of benzene rings is 1. The molecular formula is C14H18O5S. The molecule has 0 bridgehead atoms. The minimum Gasteiger partial charge on any atom is -0.490 e. The van der Waals surface area contributed by atoms with Gasteiger partial charge in [-0.25, -0.2) is 8.42 Å². The third kappa shape index (κ3) is 2.65. The number of rotatable bonds is 3. The van der Waals surface area contributed by atoms with Gasteiger partial charge in [-0.05, 0) is 32.0 Å². The van der Waals surface area contributed by atoms with E-state index in [4.69, 9.17) is 9.47 Å². The van der Waals surface area contributed by atoms with E-state index >= 15 is 0 Å².